The van der Waals surface area contributed by atoms with Crippen molar-refractivity contribution in [3.05, 3.63) is 0 Å². The van der Waals surface area contributed by atoms with Crippen molar-refractivity contribution in [3.8, 4) is 0 Å². The van der Waals surface area contributed by atoms with Crippen molar-refractivity contribution in [3.63, 3.8) is 0 Å². The minimum absolute atomic E-state index is 0.133. The molecule has 0 heterocycles. The maximum absolute atomic E-state index is 12.0. The van der Waals surface area contributed by atoms with Gasteiger partial charge in [-0.3, -0.25) is 9.59 Å². The van der Waals surface area contributed by atoms with E-state index in [0.717, 1.165) is 0 Å². The Labute approximate surface area is 120 Å². The van der Waals surface area contributed by atoms with Crippen molar-refractivity contribution in [2.75, 3.05) is 39.6 Å². The van der Waals surface area contributed by atoms with Gasteiger partial charge in [0.05, 0.1) is 13.2 Å². The first-order chi connectivity index (χ1) is 9.52. The maximum atomic E-state index is 12.0. The van der Waals surface area contributed by atoms with Gasteiger partial charge in [0.1, 0.15) is 13.2 Å². The molecule has 0 atom stereocenters. The van der Waals surface area contributed by atoms with Crippen molar-refractivity contribution >= 4 is 11.9 Å². The zero-order valence-electron chi connectivity index (χ0n) is 12.9. The summed E-state index contributed by atoms with van der Waals surface area (Å²) in [5.74, 6) is -1.16. The zero-order chi connectivity index (χ0) is 15.4. The molecular weight excluding hydrogens is 264 g/mol. The highest BCUT2D eigenvalue weighted by molar-refractivity contribution is 5.99. The second-order valence-electron chi connectivity index (χ2n) is 4.35. The topological polar surface area (TPSA) is 71.1 Å². The number of hydrogen-bond acceptors (Lipinski definition) is 6. The van der Waals surface area contributed by atoms with Gasteiger partial charge in [-0.05, 0) is 27.2 Å². The van der Waals surface area contributed by atoms with Gasteiger partial charge >= 0.3 is 11.9 Å². The van der Waals surface area contributed by atoms with Gasteiger partial charge in [-0.1, -0.05) is 6.92 Å². The molecule has 0 aliphatic rings. The molecule has 0 saturated carbocycles. The summed E-state index contributed by atoms with van der Waals surface area (Å²) in [4.78, 5) is 24.0. The normalized spacial score (nSPS) is 11.2. The van der Waals surface area contributed by atoms with E-state index in [-0.39, 0.29) is 13.2 Å². The lowest BCUT2D eigenvalue weighted by Crippen LogP contribution is -2.39. The second kappa shape index (κ2) is 10.6. The largest absolute Gasteiger partial charge is 0.462 e. The van der Waals surface area contributed by atoms with Crippen LogP contribution >= 0.6 is 0 Å². The number of rotatable bonds is 11. The molecule has 0 rings (SSSR count). The van der Waals surface area contributed by atoms with Crippen LogP contribution in [0.5, 0.6) is 0 Å². The lowest BCUT2D eigenvalue weighted by Gasteiger charge is -2.23. The lowest BCUT2D eigenvalue weighted by atomic mass is 9.88. The molecule has 0 unspecified atom stereocenters. The van der Waals surface area contributed by atoms with Crippen molar-refractivity contribution in [2.45, 2.75) is 34.1 Å². The van der Waals surface area contributed by atoms with Crippen LogP contribution in [0.3, 0.4) is 0 Å². The van der Waals surface area contributed by atoms with Gasteiger partial charge in [0, 0.05) is 13.2 Å². The van der Waals surface area contributed by atoms with Crippen molar-refractivity contribution in [2.24, 2.45) is 5.41 Å². The SMILES string of the molecule is CCOCCOC(=O)C(C)(CC)C(=O)OCCOCC. The maximum Gasteiger partial charge on any atom is 0.323 e. The van der Waals surface area contributed by atoms with Crippen LogP contribution in [-0.4, -0.2) is 51.6 Å². The van der Waals surface area contributed by atoms with Gasteiger partial charge in [0.2, 0.25) is 0 Å². The van der Waals surface area contributed by atoms with E-state index in [1.165, 1.54) is 6.92 Å². The third-order valence-corrected chi connectivity index (χ3v) is 2.94. The number of carbonyl (C=O) groups excluding carboxylic acids is 2. The van der Waals surface area contributed by atoms with E-state index < -0.39 is 17.4 Å². The lowest BCUT2D eigenvalue weighted by molar-refractivity contribution is -0.173. The summed E-state index contributed by atoms with van der Waals surface area (Å²) in [6.45, 7) is 9.00. The van der Waals surface area contributed by atoms with Gasteiger partial charge in [0.15, 0.2) is 5.41 Å². The Hall–Kier alpha value is -1.14. The summed E-state index contributed by atoms with van der Waals surface area (Å²) in [5, 5.41) is 0. The summed E-state index contributed by atoms with van der Waals surface area (Å²) in [6.07, 6.45) is 0.313. The second-order valence-corrected chi connectivity index (χ2v) is 4.35. The third kappa shape index (κ3) is 6.34. The molecule has 0 aromatic carbocycles. The van der Waals surface area contributed by atoms with Gasteiger partial charge in [-0.25, -0.2) is 0 Å². The Balaban J connectivity index is 4.27. The van der Waals surface area contributed by atoms with Crippen molar-refractivity contribution in [1.29, 1.82) is 0 Å². The van der Waals surface area contributed by atoms with E-state index in [2.05, 4.69) is 0 Å². The molecule has 0 spiro atoms. The highest BCUT2D eigenvalue weighted by Gasteiger charge is 2.42. The van der Waals surface area contributed by atoms with Crippen LogP contribution < -0.4 is 0 Å². The fourth-order valence-corrected chi connectivity index (χ4v) is 1.37. The fourth-order valence-electron chi connectivity index (χ4n) is 1.37. The van der Waals surface area contributed by atoms with Gasteiger partial charge in [-0.15, -0.1) is 0 Å². The summed E-state index contributed by atoms with van der Waals surface area (Å²) in [5.41, 5.74) is -1.28. The van der Waals surface area contributed by atoms with E-state index >= 15 is 0 Å². The first-order valence-corrected chi connectivity index (χ1v) is 7.02. The molecule has 0 aromatic heterocycles. The minimum Gasteiger partial charge on any atom is -0.462 e. The molecule has 0 amide bonds. The fraction of sp³-hybridized carbons (Fsp3) is 0.857. The van der Waals surface area contributed by atoms with Crippen LogP contribution in [0.2, 0.25) is 0 Å². The molecule has 0 N–H and O–H groups in total. The average molecular weight is 290 g/mol. The molecule has 6 nitrogen and oxygen atoms in total. The molecule has 0 fully saturated rings. The van der Waals surface area contributed by atoms with E-state index in [9.17, 15) is 9.59 Å². The molecule has 0 aromatic rings. The van der Waals surface area contributed by atoms with Gasteiger partial charge in [0.25, 0.3) is 0 Å². The molecular formula is C14H26O6. The Kier molecular flexibility index (Phi) is 10.0. The monoisotopic (exact) mass is 290 g/mol. The summed E-state index contributed by atoms with van der Waals surface area (Å²) >= 11 is 0. The Bertz CT molecular complexity index is 265. The Morgan fingerprint density at radius 1 is 0.800 bits per heavy atom. The van der Waals surface area contributed by atoms with E-state index in [1.54, 1.807) is 6.92 Å². The Morgan fingerprint density at radius 2 is 1.20 bits per heavy atom. The first-order valence-electron chi connectivity index (χ1n) is 7.02. The zero-order valence-corrected chi connectivity index (χ0v) is 12.9. The molecule has 0 radical (unpaired) electrons. The molecule has 20 heavy (non-hydrogen) atoms. The van der Waals surface area contributed by atoms with Crippen LogP contribution in [0.4, 0.5) is 0 Å². The predicted molar refractivity (Wildman–Crippen MR) is 73.3 cm³/mol. The summed E-state index contributed by atoms with van der Waals surface area (Å²) < 4.78 is 20.3. The van der Waals surface area contributed by atoms with Crippen LogP contribution in [0.15, 0.2) is 0 Å². The van der Waals surface area contributed by atoms with Gasteiger partial charge in [-0.2, -0.15) is 0 Å². The van der Waals surface area contributed by atoms with Crippen LogP contribution in [0, 0.1) is 5.41 Å². The van der Waals surface area contributed by atoms with E-state index in [0.29, 0.717) is 32.8 Å². The van der Waals surface area contributed by atoms with Crippen molar-refractivity contribution in [1.82, 2.24) is 0 Å². The molecule has 6 heteroatoms. The summed E-state index contributed by atoms with van der Waals surface area (Å²) in [6, 6.07) is 0. The highest BCUT2D eigenvalue weighted by Crippen LogP contribution is 2.25. The smallest absolute Gasteiger partial charge is 0.323 e. The first kappa shape index (κ1) is 18.9. The molecule has 118 valence electrons. The number of ether oxygens (including phenoxy) is 4. The number of hydrogen-bond donors (Lipinski definition) is 0. The third-order valence-electron chi connectivity index (χ3n) is 2.94. The number of esters is 2. The van der Waals surface area contributed by atoms with Crippen LogP contribution in [0.1, 0.15) is 34.1 Å². The molecule has 0 aliphatic heterocycles. The molecule has 0 saturated heterocycles. The average Bonchev–Trinajstić information content (AvgIpc) is 2.46. The van der Waals surface area contributed by atoms with Gasteiger partial charge < -0.3 is 18.9 Å². The van der Waals surface area contributed by atoms with Crippen molar-refractivity contribution < 1.29 is 28.5 Å². The standard InChI is InChI=1S/C14H26O6/c1-5-14(4,12(15)19-10-8-17-6-2)13(16)20-11-9-18-7-3/h5-11H2,1-4H3. The highest BCUT2D eigenvalue weighted by atomic mass is 16.6. The summed E-state index contributed by atoms with van der Waals surface area (Å²) in [7, 11) is 0. The molecule has 0 bridgehead atoms. The quantitative estimate of drug-likeness (QED) is 0.327. The van der Waals surface area contributed by atoms with E-state index in [4.69, 9.17) is 18.9 Å². The van der Waals surface area contributed by atoms with E-state index in [1.807, 2.05) is 13.8 Å². The number of carbonyl (C=O) groups is 2. The Morgan fingerprint density at radius 3 is 1.50 bits per heavy atom. The predicted octanol–water partition coefficient (Wildman–Crippen LogP) is 1.56. The minimum atomic E-state index is -1.28. The van der Waals surface area contributed by atoms with Crippen LogP contribution in [0.25, 0.3) is 0 Å². The molecule has 0 aliphatic carbocycles. The van der Waals surface area contributed by atoms with Crippen LogP contribution in [-0.2, 0) is 28.5 Å².